The summed E-state index contributed by atoms with van der Waals surface area (Å²) >= 11 is 6.01. The van der Waals surface area contributed by atoms with Crippen LogP contribution in [0.1, 0.15) is 12.0 Å². The van der Waals surface area contributed by atoms with Crippen molar-refractivity contribution in [2.24, 2.45) is 5.73 Å². The van der Waals surface area contributed by atoms with Crippen molar-refractivity contribution in [2.75, 3.05) is 36.0 Å². The van der Waals surface area contributed by atoms with Crippen molar-refractivity contribution in [1.29, 1.82) is 0 Å². The monoisotopic (exact) mass is 302 g/mol. The van der Waals surface area contributed by atoms with Crippen molar-refractivity contribution >= 4 is 27.1 Å². The summed E-state index contributed by atoms with van der Waals surface area (Å²) in [7, 11) is -2.89. The van der Waals surface area contributed by atoms with Gasteiger partial charge < -0.3 is 10.6 Å². The smallest absolute Gasteiger partial charge is 0.152 e. The van der Waals surface area contributed by atoms with Gasteiger partial charge in [-0.1, -0.05) is 11.6 Å². The van der Waals surface area contributed by atoms with Gasteiger partial charge in [-0.05, 0) is 43.1 Å². The molecule has 0 bridgehead atoms. The summed E-state index contributed by atoms with van der Waals surface area (Å²) in [6.07, 6.45) is 1.42. The van der Waals surface area contributed by atoms with Gasteiger partial charge in [0.15, 0.2) is 9.84 Å². The summed E-state index contributed by atoms with van der Waals surface area (Å²) < 4.78 is 23.3. The van der Waals surface area contributed by atoms with E-state index in [1.165, 1.54) is 0 Å². The zero-order valence-electron chi connectivity index (χ0n) is 10.8. The second-order valence-corrected chi connectivity index (χ2v) is 7.54. The molecule has 0 unspecified atom stereocenters. The minimum Gasteiger partial charge on any atom is -0.370 e. The van der Waals surface area contributed by atoms with Crippen molar-refractivity contribution in [2.45, 2.75) is 12.8 Å². The third-order valence-corrected chi connectivity index (χ3v) is 5.30. The number of anilines is 1. The van der Waals surface area contributed by atoms with Gasteiger partial charge in [0.1, 0.15) is 0 Å². The third kappa shape index (κ3) is 3.84. The predicted octanol–water partition coefficient (Wildman–Crippen LogP) is 1.47. The molecule has 1 saturated heterocycles. The number of rotatable bonds is 3. The van der Waals surface area contributed by atoms with Crippen LogP contribution < -0.4 is 10.6 Å². The molecule has 4 nitrogen and oxygen atoms in total. The molecule has 0 spiro atoms. The Labute approximate surface area is 119 Å². The highest BCUT2D eigenvalue weighted by Crippen LogP contribution is 2.26. The summed E-state index contributed by atoms with van der Waals surface area (Å²) in [5.74, 6) is 0.501. The molecule has 1 aromatic rings. The molecule has 106 valence electrons. The van der Waals surface area contributed by atoms with Gasteiger partial charge in [-0.3, -0.25) is 0 Å². The fourth-order valence-corrected chi connectivity index (χ4v) is 3.86. The second-order valence-electron chi connectivity index (χ2n) is 4.80. The van der Waals surface area contributed by atoms with Crippen LogP contribution in [-0.2, 0) is 16.3 Å². The Hall–Kier alpha value is -0.780. The maximum Gasteiger partial charge on any atom is 0.152 e. The van der Waals surface area contributed by atoms with Gasteiger partial charge in [0.05, 0.1) is 11.5 Å². The van der Waals surface area contributed by atoms with E-state index in [2.05, 4.69) is 4.90 Å². The predicted molar refractivity (Wildman–Crippen MR) is 79.7 cm³/mol. The molecule has 0 aliphatic carbocycles. The number of benzene rings is 1. The van der Waals surface area contributed by atoms with Crippen LogP contribution in [-0.4, -0.2) is 39.6 Å². The van der Waals surface area contributed by atoms with E-state index < -0.39 is 9.84 Å². The fraction of sp³-hybridized carbons (Fsp3) is 0.538. The lowest BCUT2D eigenvalue weighted by molar-refractivity contribution is 0.597. The summed E-state index contributed by atoms with van der Waals surface area (Å²) in [6.45, 7) is 1.86. The maximum absolute atomic E-state index is 11.6. The average molecular weight is 303 g/mol. The third-order valence-electron chi connectivity index (χ3n) is 3.35. The van der Waals surface area contributed by atoms with Crippen molar-refractivity contribution in [3.63, 3.8) is 0 Å². The molecular formula is C13H19ClN2O2S. The molecule has 1 aliphatic heterocycles. The summed E-state index contributed by atoms with van der Waals surface area (Å²) in [4.78, 5) is 2.13. The molecule has 1 aliphatic rings. The Morgan fingerprint density at radius 3 is 2.79 bits per heavy atom. The van der Waals surface area contributed by atoms with Crippen molar-refractivity contribution < 1.29 is 8.42 Å². The molecule has 0 saturated carbocycles. The Balaban J connectivity index is 2.25. The average Bonchev–Trinajstić information content (AvgIpc) is 2.51. The van der Waals surface area contributed by atoms with Crippen LogP contribution in [0.3, 0.4) is 0 Å². The zero-order valence-corrected chi connectivity index (χ0v) is 12.4. The van der Waals surface area contributed by atoms with Crippen LogP contribution in [0.25, 0.3) is 0 Å². The van der Waals surface area contributed by atoms with Crippen molar-refractivity contribution in [1.82, 2.24) is 0 Å². The lowest BCUT2D eigenvalue weighted by Crippen LogP contribution is -2.28. The lowest BCUT2D eigenvalue weighted by atomic mass is 10.1. The van der Waals surface area contributed by atoms with Crippen LogP contribution in [0.15, 0.2) is 18.2 Å². The first kappa shape index (κ1) is 14.6. The van der Waals surface area contributed by atoms with Gasteiger partial charge in [0.2, 0.25) is 0 Å². The van der Waals surface area contributed by atoms with E-state index in [9.17, 15) is 8.42 Å². The first-order valence-corrected chi connectivity index (χ1v) is 8.65. The number of hydrogen-bond donors (Lipinski definition) is 1. The maximum atomic E-state index is 11.6. The molecule has 1 fully saturated rings. The zero-order chi connectivity index (χ0) is 13.9. The first-order valence-electron chi connectivity index (χ1n) is 6.46. The van der Waals surface area contributed by atoms with Gasteiger partial charge >= 0.3 is 0 Å². The van der Waals surface area contributed by atoms with Crippen LogP contribution in [0.4, 0.5) is 5.69 Å². The van der Waals surface area contributed by atoms with Crippen LogP contribution >= 0.6 is 11.6 Å². The summed E-state index contributed by atoms with van der Waals surface area (Å²) in [6, 6.07) is 5.73. The molecule has 2 rings (SSSR count). The van der Waals surface area contributed by atoms with Gasteiger partial charge in [-0.25, -0.2) is 8.42 Å². The number of sulfone groups is 1. The Morgan fingerprint density at radius 1 is 1.26 bits per heavy atom. The lowest BCUT2D eigenvalue weighted by Gasteiger charge is -2.25. The molecule has 19 heavy (non-hydrogen) atoms. The standard InChI is InChI=1S/C13H19ClN2O2S/c14-12-2-3-13(11(10-12)4-5-15)16-6-1-8-19(17,18)9-7-16/h2-3,10H,1,4-9,15H2. The highest BCUT2D eigenvalue weighted by molar-refractivity contribution is 7.91. The topological polar surface area (TPSA) is 63.4 Å². The van der Waals surface area contributed by atoms with E-state index in [0.29, 0.717) is 24.5 Å². The SMILES string of the molecule is NCCc1cc(Cl)ccc1N1CCCS(=O)(=O)CC1. The van der Waals surface area contributed by atoms with Gasteiger partial charge in [-0.15, -0.1) is 0 Å². The highest BCUT2D eigenvalue weighted by atomic mass is 35.5. The van der Waals surface area contributed by atoms with E-state index in [1.54, 1.807) is 0 Å². The van der Waals surface area contributed by atoms with E-state index in [4.69, 9.17) is 17.3 Å². The molecule has 0 atom stereocenters. The summed E-state index contributed by atoms with van der Waals surface area (Å²) in [5, 5.41) is 0.689. The molecule has 1 aromatic carbocycles. The summed E-state index contributed by atoms with van der Waals surface area (Å²) in [5.41, 5.74) is 7.78. The molecule has 6 heteroatoms. The molecular weight excluding hydrogens is 284 g/mol. The fourth-order valence-electron chi connectivity index (χ4n) is 2.40. The largest absolute Gasteiger partial charge is 0.370 e. The normalized spacial score (nSPS) is 19.2. The van der Waals surface area contributed by atoms with Crippen LogP contribution in [0.2, 0.25) is 5.02 Å². The Bertz CT molecular complexity index is 546. The number of hydrogen-bond acceptors (Lipinski definition) is 4. The minimum absolute atomic E-state index is 0.220. The molecule has 1 heterocycles. The molecule has 0 aromatic heterocycles. The van der Waals surface area contributed by atoms with Crippen molar-refractivity contribution in [3.05, 3.63) is 28.8 Å². The highest BCUT2D eigenvalue weighted by Gasteiger charge is 2.20. The van der Waals surface area contributed by atoms with E-state index in [1.807, 2.05) is 18.2 Å². The quantitative estimate of drug-likeness (QED) is 0.918. The number of halogens is 1. The molecule has 0 amide bonds. The van der Waals surface area contributed by atoms with Gasteiger partial charge in [0, 0.05) is 23.8 Å². The first-order chi connectivity index (χ1) is 9.02. The van der Waals surface area contributed by atoms with Crippen LogP contribution in [0, 0.1) is 0 Å². The number of nitrogens with zero attached hydrogens (tertiary/aromatic N) is 1. The second kappa shape index (κ2) is 6.11. The van der Waals surface area contributed by atoms with Gasteiger partial charge in [-0.2, -0.15) is 0 Å². The van der Waals surface area contributed by atoms with E-state index in [0.717, 1.165) is 24.2 Å². The van der Waals surface area contributed by atoms with Crippen molar-refractivity contribution in [3.8, 4) is 0 Å². The molecule has 0 radical (unpaired) electrons. The van der Waals surface area contributed by atoms with E-state index in [-0.39, 0.29) is 11.5 Å². The van der Waals surface area contributed by atoms with E-state index >= 15 is 0 Å². The van der Waals surface area contributed by atoms with Gasteiger partial charge in [0.25, 0.3) is 0 Å². The Kier molecular flexibility index (Phi) is 4.71. The van der Waals surface area contributed by atoms with Crippen LogP contribution in [0.5, 0.6) is 0 Å². The molecule has 2 N–H and O–H groups in total. The minimum atomic E-state index is -2.89. The number of nitrogens with two attached hydrogens (primary N) is 1. The Morgan fingerprint density at radius 2 is 2.05 bits per heavy atom.